The lowest BCUT2D eigenvalue weighted by Gasteiger charge is -2.50. The third-order valence-electron chi connectivity index (χ3n) is 7.08. The third-order valence-corrected chi connectivity index (χ3v) is 7.08. The van der Waals surface area contributed by atoms with E-state index in [1.165, 1.54) is 6.92 Å². The maximum absolute atomic E-state index is 12.9. The minimum Gasteiger partial charge on any atom is -0.511 e. The lowest BCUT2D eigenvalue weighted by Crippen LogP contribution is -2.45. The van der Waals surface area contributed by atoms with Crippen molar-refractivity contribution in [1.82, 2.24) is 5.32 Å². The summed E-state index contributed by atoms with van der Waals surface area (Å²) < 4.78 is 0. The summed E-state index contributed by atoms with van der Waals surface area (Å²) in [6.07, 6.45) is 14.2. The smallest absolute Gasteiger partial charge is 0.259 e. The normalized spacial score (nSPS) is 40.4. The summed E-state index contributed by atoms with van der Waals surface area (Å²) in [5.41, 5.74) is -0.941. The van der Waals surface area contributed by atoms with Crippen LogP contribution in [0.4, 0.5) is 0 Å². The molecule has 0 radical (unpaired) electrons. The molecule has 1 aliphatic heterocycles. The zero-order valence-electron chi connectivity index (χ0n) is 17.8. The van der Waals surface area contributed by atoms with Crippen molar-refractivity contribution in [2.24, 2.45) is 29.1 Å². The molecule has 1 amide bonds. The first-order chi connectivity index (χ1) is 13.7. The van der Waals surface area contributed by atoms with Crippen molar-refractivity contribution in [2.75, 3.05) is 0 Å². The number of carbonyl (C=O) groups excluding carboxylic acids is 2. The van der Waals surface area contributed by atoms with E-state index in [0.29, 0.717) is 11.8 Å². The predicted molar refractivity (Wildman–Crippen MR) is 113 cm³/mol. The Bertz CT molecular complexity index is 791. The van der Waals surface area contributed by atoms with E-state index in [2.05, 4.69) is 24.4 Å². The molecule has 2 fully saturated rings. The van der Waals surface area contributed by atoms with Crippen LogP contribution in [0.3, 0.4) is 0 Å². The van der Waals surface area contributed by atoms with E-state index >= 15 is 0 Å². The Kier molecular flexibility index (Phi) is 6.18. The molecule has 3 rings (SSSR count). The average Bonchev–Trinajstić information content (AvgIpc) is 2.97. The topological polar surface area (TPSA) is 86.6 Å². The molecule has 1 heterocycles. The quantitative estimate of drug-likeness (QED) is 0.222. The number of carbonyl (C=O) groups is 2. The Labute approximate surface area is 173 Å². The van der Waals surface area contributed by atoms with Gasteiger partial charge in [0.05, 0.1) is 6.10 Å². The van der Waals surface area contributed by atoms with Crippen LogP contribution in [0.5, 0.6) is 0 Å². The van der Waals surface area contributed by atoms with E-state index in [1.54, 1.807) is 0 Å². The first-order valence-corrected chi connectivity index (χ1v) is 10.7. The minimum atomic E-state index is -1.01. The molecular weight excluding hydrogens is 366 g/mol. The maximum Gasteiger partial charge on any atom is 0.259 e. The number of fused-ring (bicyclic) bond motifs is 1. The van der Waals surface area contributed by atoms with E-state index < -0.39 is 29.3 Å². The molecule has 0 spiro atoms. The van der Waals surface area contributed by atoms with Gasteiger partial charge in [0.1, 0.15) is 17.4 Å². The first kappa shape index (κ1) is 21.6. The van der Waals surface area contributed by atoms with Gasteiger partial charge in [0.15, 0.2) is 5.78 Å². The maximum atomic E-state index is 12.9. The van der Waals surface area contributed by atoms with Crippen molar-refractivity contribution < 1.29 is 19.8 Å². The summed E-state index contributed by atoms with van der Waals surface area (Å²) in [6, 6.07) is -0.999. The highest BCUT2D eigenvalue weighted by molar-refractivity contribution is 6.27. The number of aliphatic hydroxyl groups excluding tert-OH is 2. The summed E-state index contributed by atoms with van der Waals surface area (Å²) in [7, 11) is 0. The minimum absolute atomic E-state index is 0.132. The molecule has 0 aromatic heterocycles. The van der Waals surface area contributed by atoms with Crippen LogP contribution in [-0.2, 0) is 9.59 Å². The van der Waals surface area contributed by atoms with Crippen LogP contribution in [0.2, 0.25) is 0 Å². The van der Waals surface area contributed by atoms with E-state index in [4.69, 9.17) is 0 Å². The van der Waals surface area contributed by atoms with Gasteiger partial charge in [-0.1, -0.05) is 56.7 Å². The molecule has 0 aromatic rings. The van der Waals surface area contributed by atoms with Crippen molar-refractivity contribution >= 4 is 11.7 Å². The second-order valence-corrected chi connectivity index (χ2v) is 9.07. The fraction of sp³-hybridized carbons (Fsp3) is 0.583. The number of amides is 1. The van der Waals surface area contributed by atoms with E-state index in [0.717, 1.165) is 19.3 Å². The molecule has 29 heavy (non-hydrogen) atoms. The van der Waals surface area contributed by atoms with Gasteiger partial charge < -0.3 is 15.5 Å². The molecule has 0 unspecified atom stereocenters. The van der Waals surface area contributed by atoms with Crippen LogP contribution < -0.4 is 5.32 Å². The van der Waals surface area contributed by atoms with Crippen LogP contribution in [-0.4, -0.2) is 34.0 Å². The monoisotopic (exact) mass is 399 g/mol. The highest BCUT2D eigenvalue weighted by Crippen LogP contribution is 2.56. The van der Waals surface area contributed by atoms with Gasteiger partial charge in [0.25, 0.3) is 5.91 Å². The number of aliphatic hydroxyl groups is 2. The molecule has 1 saturated carbocycles. The highest BCUT2D eigenvalue weighted by Gasteiger charge is 2.53. The first-order valence-electron chi connectivity index (χ1n) is 10.7. The molecule has 158 valence electrons. The van der Waals surface area contributed by atoms with Crippen molar-refractivity contribution in [3.8, 4) is 0 Å². The highest BCUT2D eigenvalue weighted by atomic mass is 16.3. The van der Waals surface area contributed by atoms with Gasteiger partial charge in [0.2, 0.25) is 0 Å². The van der Waals surface area contributed by atoms with Crippen LogP contribution >= 0.6 is 0 Å². The van der Waals surface area contributed by atoms with Gasteiger partial charge in [0, 0.05) is 11.3 Å². The zero-order valence-corrected chi connectivity index (χ0v) is 17.8. The number of hydrogen-bond donors (Lipinski definition) is 3. The SMILES string of the molecule is C/C=C/C=C/[C@@H]1C=C[C@H]2C[C@H](C)CC[C@@H]2[C@@]1(C)C(O)=C1C(=O)N[C@@H]([C@@H](C)O)C1=O. The fourth-order valence-electron chi connectivity index (χ4n) is 5.36. The Hall–Kier alpha value is -2.14. The van der Waals surface area contributed by atoms with Crippen molar-refractivity contribution in [1.29, 1.82) is 0 Å². The fourth-order valence-corrected chi connectivity index (χ4v) is 5.36. The average molecular weight is 400 g/mol. The van der Waals surface area contributed by atoms with Gasteiger partial charge in [-0.2, -0.15) is 0 Å². The van der Waals surface area contributed by atoms with Crippen LogP contribution in [0, 0.1) is 29.1 Å². The number of nitrogens with one attached hydrogen (secondary N) is 1. The van der Waals surface area contributed by atoms with Crippen LogP contribution in [0.15, 0.2) is 47.8 Å². The second-order valence-electron chi connectivity index (χ2n) is 9.07. The predicted octanol–water partition coefficient (Wildman–Crippen LogP) is 3.62. The lowest BCUT2D eigenvalue weighted by atomic mass is 9.54. The van der Waals surface area contributed by atoms with Crippen molar-refractivity contribution in [2.45, 2.75) is 59.1 Å². The third kappa shape index (κ3) is 3.73. The Morgan fingerprint density at radius 1 is 1.28 bits per heavy atom. The molecule has 1 saturated heterocycles. The Balaban J connectivity index is 2.11. The molecule has 7 atom stereocenters. The van der Waals surface area contributed by atoms with Crippen LogP contribution in [0.25, 0.3) is 0 Å². The Morgan fingerprint density at radius 3 is 2.62 bits per heavy atom. The van der Waals surface area contributed by atoms with E-state index in [1.807, 2.05) is 38.2 Å². The molecule has 0 bridgehead atoms. The standard InChI is InChI=1S/C24H33NO4/c1-5-6-7-8-17-11-10-16-13-14(2)9-12-18(16)24(17,4)22(28)19-21(27)20(15(3)26)25-23(19)29/h5-8,10-11,14-18,20,26,28H,9,12-13H2,1-4H3,(H,25,29)/b6-5+,8-7+,22-19?/t14-,15-,16+,17-,18+,20+,24+/m1/s1. The molecular formula is C24H33NO4. The van der Waals surface area contributed by atoms with Crippen molar-refractivity contribution in [3.05, 3.63) is 47.8 Å². The lowest BCUT2D eigenvalue weighted by molar-refractivity contribution is -0.118. The largest absolute Gasteiger partial charge is 0.511 e. The van der Waals surface area contributed by atoms with Gasteiger partial charge >= 0.3 is 0 Å². The number of Topliss-reactive ketones (excluding diaryl/α,β-unsaturated/α-hetero) is 1. The number of allylic oxidation sites excluding steroid dienone is 7. The zero-order chi connectivity index (χ0) is 21.3. The van der Waals surface area contributed by atoms with E-state index in [9.17, 15) is 19.8 Å². The summed E-state index contributed by atoms with van der Waals surface area (Å²) in [4.78, 5) is 25.5. The molecule has 5 heteroatoms. The van der Waals surface area contributed by atoms with Gasteiger partial charge in [-0.05, 0) is 44.4 Å². The number of hydrogen-bond acceptors (Lipinski definition) is 4. The number of ketones is 1. The van der Waals surface area contributed by atoms with E-state index in [-0.39, 0.29) is 23.2 Å². The molecule has 3 N–H and O–H groups in total. The summed E-state index contributed by atoms with van der Waals surface area (Å²) in [5.74, 6) is -0.306. The number of rotatable bonds is 4. The molecule has 2 aliphatic carbocycles. The summed E-state index contributed by atoms with van der Waals surface area (Å²) in [5, 5.41) is 23.8. The van der Waals surface area contributed by atoms with Gasteiger partial charge in [-0.3, -0.25) is 9.59 Å². The molecule has 3 aliphatic rings. The van der Waals surface area contributed by atoms with Crippen LogP contribution in [0.1, 0.15) is 47.0 Å². The summed E-state index contributed by atoms with van der Waals surface area (Å²) >= 11 is 0. The van der Waals surface area contributed by atoms with Gasteiger partial charge in [-0.15, -0.1) is 0 Å². The van der Waals surface area contributed by atoms with Crippen molar-refractivity contribution in [3.63, 3.8) is 0 Å². The summed E-state index contributed by atoms with van der Waals surface area (Å²) in [6.45, 7) is 7.64. The second kappa shape index (κ2) is 8.31. The molecule has 0 aromatic carbocycles. The van der Waals surface area contributed by atoms with Gasteiger partial charge in [-0.25, -0.2) is 0 Å². The Morgan fingerprint density at radius 2 is 2.00 bits per heavy atom. The molecule has 5 nitrogen and oxygen atoms in total.